The number of carbonyl (C=O) groups excluding carboxylic acids is 2. The Kier molecular flexibility index (Phi) is 6.02. The summed E-state index contributed by atoms with van der Waals surface area (Å²) in [5.41, 5.74) is 5.70. The van der Waals surface area contributed by atoms with Gasteiger partial charge in [0.25, 0.3) is 0 Å². The summed E-state index contributed by atoms with van der Waals surface area (Å²) in [7, 11) is 0. The topological polar surface area (TPSA) is 78.7 Å². The zero-order valence-corrected chi connectivity index (χ0v) is 16.6. The van der Waals surface area contributed by atoms with Crippen LogP contribution in [0, 0.1) is 17.8 Å². The zero-order valence-electron chi connectivity index (χ0n) is 16.6. The molecule has 27 heavy (non-hydrogen) atoms. The van der Waals surface area contributed by atoms with Crippen molar-refractivity contribution in [3.05, 3.63) is 0 Å². The van der Waals surface area contributed by atoms with Crippen molar-refractivity contribution in [2.24, 2.45) is 23.5 Å². The number of rotatable bonds is 8. The number of amides is 2. The highest BCUT2D eigenvalue weighted by atomic mass is 16.2. The molecule has 2 atom stereocenters. The molecule has 2 amide bonds. The molecule has 0 aromatic rings. The lowest BCUT2D eigenvalue weighted by Crippen LogP contribution is -2.62. The number of carbonyl (C=O) groups is 2. The summed E-state index contributed by atoms with van der Waals surface area (Å²) >= 11 is 0. The third kappa shape index (κ3) is 4.83. The van der Waals surface area contributed by atoms with Crippen molar-refractivity contribution >= 4 is 11.8 Å². The molecule has 0 aromatic carbocycles. The van der Waals surface area contributed by atoms with Crippen LogP contribution in [0.5, 0.6) is 0 Å². The number of nitrogens with one attached hydrogen (secondary N) is 1. The number of piperidine rings is 1. The number of piperazine rings is 1. The summed E-state index contributed by atoms with van der Waals surface area (Å²) in [4.78, 5) is 30.5. The van der Waals surface area contributed by atoms with E-state index in [9.17, 15) is 9.59 Å². The Bertz CT molecular complexity index is 538. The van der Waals surface area contributed by atoms with Gasteiger partial charge in [0.2, 0.25) is 11.8 Å². The fraction of sp³-hybridized carbons (Fsp3) is 0.905. The van der Waals surface area contributed by atoms with Gasteiger partial charge in [0.1, 0.15) is 6.04 Å². The first-order chi connectivity index (χ1) is 13.2. The van der Waals surface area contributed by atoms with Crippen LogP contribution in [0.1, 0.15) is 57.8 Å². The second-order valence-corrected chi connectivity index (χ2v) is 9.26. The van der Waals surface area contributed by atoms with Crippen molar-refractivity contribution in [1.82, 2.24) is 15.1 Å². The van der Waals surface area contributed by atoms with E-state index in [0.717, 1.165) is 58.3 Å². The molecule has 2 aliphatic carbocycles. The molecule has 152 valence electrons. The Hall–Kier alpha value is -1.14. The normalized spacial score (nSPS) is 28.5. The molecule has 3 N–H and O–H groups in total. The third-order valence-corrected chi connectivity index (χ3v) is 7.01. The van der Waals surface area contributed by atoms with E-state index in [-0.39, 0.29) is 23.9 Å². The van der Waals surface area contributed by atoms with Gasteiger partial charge in [-0.05, 0) is 56.4 Å². The predicted octanol–water partition coefficient (Wildman–Crippen LogP) is 1.34. The van der Waals surface area contributed by atoms with Crippen molar-refractivity contribution in [2.75, 3.05) is 32.7 Å². The summed E-state index contributed by atoms with van der Waals surface area (Å²) in [6.07, 6.45) is 9.93. The van der Waals surface area contributed by atoms with E-state index in [0.29, 0.717) is 24.3 Å². The van der Waals surface area contributed by atoms with E-state index in [4.69, 9.17) is 5.73 Å². The molecule has 2 saturated carbocycles. The van der Waals surface area contributed by atoms with E-state index in [2.05, 4.69) is 5.32 Å². The van der Waals surface area contributed by atoms with Crippen molar-refractivity contribution < 1.29 is 9.59 Å². The third-order valence-electron chi connectivity index (χ3n) is 7.01. The summed E-state index contributed by atoms with van der Waals surface area (Å²) in [6.45, 7) is 3.89. The molecule has 6 nitrogen and oxygen atoms in total. The van der Waals surface area contributed by atoms with Gasteiger partial charge in [0.15, 0.2) is 0 Å². The molecule has 2 heterocycles. The molecule has 4 aliphatic rings. The van der Waals surface area contributed by atoms with Crippen LogP contribution < -0.4 is 11.1 Å². The molecule has 2 saturated heterocycles. The fourth-order valence-electron chi connectivity index (χ4n) is 4.86. The Morgan fingerprint density at radius 2 is 1.74 bits per heavy atom. The maximum absolute atomic E-state index is 13.4. The van der Waals surface area contributed by atoms with Crippen LogP contribution in [0.2, 0.25) is 0 Å². The molecular weight excluding hydrogens is 340 g/mol. The number of likely N-dealkylation sites (tertiary alicyclic amines) is 1. The SMILES string of the molecule is NCCC1CCN(C(=O)C(CC2CC2)N2CCN[C@@H](CC3CC3)C2=O)CC1. The van der Waals surface area contributed by atoms with E-state index in [1.54, 1.807) is 0 Å². The lowest BCUT2D eigenvalue weighted by molar-refractivity contribution is -0.150. The lowest BCUT2D eigenvalue weighted by Gasteiger charge is -2.41. The Labute approximate surface area is 163 Å². The van der Waals surface area contributed by atoms with Gasteiger partial charge in [-0.15, -0.1) is 0 Å². The van der Waals surface area contributed by atoms with Gasteiger partial charge in [-0.25, -0.2) is 0 Å². The first kappa shape index (κ1) is 19.2. The molecule has 2 aliphatic heterocycles. The molecule has 4 rings (SSSR count). The van der Waals surface area contributed by atoms with Gasteiger partial charge in [0.05, 0.1) is 6.04 Å². The minimum absolute atomic E-state index is 0.0731. The molecule has 4 fully saturated rings. The summed E-state index contributed by atoms with van der Waals surface area (Å²) < 4.78 is 0. The van der Waals surface area contributed by atoms with Crippen LogP contribution in [0.3, 0.4) is 0 Å². The largest absolute Gasteiger partial charge is 0.341 e. The second kappa shape index (κ2) is 8.48. The van der Waals surface area contributed by atoms with E-state index < -0.39 is 0 Å². The van der Waals surface area contributed by atoms with Crippen LogP contribution in [0.15, 0.2) is 0 Å². The molecular formula is C21H36N4O2. The second-order valence-electron chi connectivity index (χ2n) is 9.26. The van der Waals surface area contributed by atoms with Crippen molar-refractivity contribution in [2.45, 2.75) is 69.9 Å². The Morgan fingerprint density at radius 3 is 2.37 bits per heavy atom. The summed E-state index contributed by atoms with van der Waals surface area (Å²) in [5.74, 6) is 2.38. The minimum atomic E-state index is -0.236. The van der Waals surface area contributed by atoms with Gasteiger partial charge >= 0.3 is 0 Å². The van der Waals surface area contributed by atoms with Crippen LogP contribution in [-0.2, 0) is 9.59 Å². The molecule has 6 heteroatoms. The molecule has 1 unspecified atom stereocenters. The first-order valence-corrected chi connectivity index (χ1v) is 11.2. The van der Waals surface area contributed by atoms with Gasteiger partial charge in [-0.2, -0.15) is 0 Å². The number of hydrogen-bond donors (Lipinski definition) is 2. The number of nitrogens with zero attached hydrogens (tertiary/aromatic N) is 2. The predicted molar refractivity (Wildman–Crippen MR) is 105 cm³/mol. The maximum Gasteiger partial charge on any atom is 0.245 e. The molecule has 0 spiro atoms. The Morgan fingerprint density at radius 1 is 1.04 bits per heavy atom. The van der Waals surface area contributed by atoms with Gasteiger partial charge in [-0.3, -0.25) is 9.59 Å². The lowest BCUT2D eigenvalue weighted by atomic mass is 9.92. The summed E-state index contributed by atoms with van der Waals surface area (Å²) in [6, 6.07) is -0.309. The molecule has 0 radical (unpaired) electrons. The highest BCUT2D eigenvalue weighted by Gasteiger charge is 2.42. The van der Waals surface area contributed by atoms with Gasteiger partial charge in [0, 0.05) is 26.2 Å². The first-order valence-electron chi connectivity index (χ1n) is 11.2. The highest BCUT2D eigenvalue weighted by Crippen LogP contribution is 2.37. The van der Waals surface area contributed by atoms with Crippen molar-refractivity contribution in [3.8, 4) is 0 Å². The van der Waals surface area contributed by atoms with Crippen molar-refractivity contribution in [3.63, 3.8) is 0 Å². The smallest absolute Gasteiger partial charge is 0.245 e. The van der Waals surface area contributed by atoms with E-state index in [1.165, 1.54) is 25.7 Å². The van der Waals surface area contributed by atoms with E-state index in [1.807, 2.05) is 9.80 Å². The fourth-order valence-corrected chi connectivity index (χ4v) is 4.86. The number of hydrogen-bond acceptors (Lipinski definition) is 4. The summed E-state index contributed by atoms with van der Waals surface area (Å²) in [5, 5.41) is 3.40. The van der Waals surface area contributed by atoms with Crippen LogP contribution in [0.4, 0.5) is 0 Å². The van der Waals surface area contributed by atoms with Crippen LogP contribution >= 0.6 is 0 Å². The zero-order chi connectivity index (χ0) is 18.8. The highest BCUT2D eigenvalue weighted by molar-refractivity contribution is 5.90. The monoisotopic (exact) mass is 376 g/mol. The number of nitrogens with two attached hydrogens (primary N) is 1. The average molecular weight is 377 g/mol. The quantitative estimate of drug-likeness (QED) is 0.670. The Balaban J connectivity index is 1.40. The standard InChI is InChI=1S/C21H36N4O2/c22-8-5-15-6-10-24(11-7-15)21(27)19(14-17-3-4-17)25-12-9-23-18(20(25)26)13-16-1-2-16/h15-19,23H,1-14,22H2/t18-,19?/m0/s1. The van der Waals surface area contributed by atoms with Gasteiger partial charge in [-0.1, -0.05) is 25.7 Å². The molecule has 0 bridgehead atoms. The van der Waals surface area contributed by atoms with E-state index >= 15 is 0 Å². The van der Waals surface area contributed by atoms with Gasteiger partial charge < -0.3 is 20.9 Å². The van der Waals surface area contributed by atoms with Crippen LogP contribution in [0.25, 0.3) is 0 Å². The van der Waals surface area contributed by atoms with Crippen molar-refractivity contribution in [1.29, 1.82) is 0 Å². The average Bonchev–Trinajstić information content (AvgIpc) is 3.58. The maximum atomic E-state index is 13.4. The minimum Gasteiger partial charge on any atom is -0.341 e. The molecule has 0 aromatic heterocycles. The van der Waals surface area contributed by atoms with Crippen LogP contribution in [-0.4, -0.2) is 66.4 Å².